The SMILES string of the molecule is CN(Cc1ccc([N+](=O)[O-])cc1)C(c1ccccc1)c1ccccc1. The summed E-state index contributed by atoms with van der Waals surface area (Å²) in [6.07, 6.45) is 0. The molecule has 0 saturated heterocycles. The third kappa shape index (κ3) is 4.11. The Balaban J connectivity index is 1.87. The van der Waals surface area contributed by atoms with Gasteiger partial charge in [-0.1, -0.05) is 72.8 Å². The summed E-state index contributed by atoms with van der Waals surface area (Å²) in [6, 6.07) is 27.6. The predicted molar refractivity (Wildman–Crippen MR) is 99.3 cm³/mol. The van der Waals surface area contributed by atoms with Gasteiger partial charge >= 0.3 is 0 Å². The van der Waals surface area contributed by atoms with Gasteiger partial charge in [0, 0.05) is 18.7 Å². The van der Waals surface area contributed by atoms with Crippen LogP contribution in [0.4, 0.5) is 5.69 Å². The molecule has 0 aliphatic heterocycles. The Morgan fingerprint density at radius 3 is 1.76 bits per heavy atom. The molecule has 0 aliphatic rings. The molecule has 3 aromatic rings. The van der Waals surface area contributed by atoms with E-state index in [9.17, 15) is 10.1 Å². The summed E-state index contributed by atoms with van der Waals surface area (Å²) in [5.41, 5.74) is 3.61. The summed E-state index contributed by atoms with van der Waals surface area (Å²) in [6.45, 7) is 0.701. The number of rotatable bonds is 6. The lowest BCUT2D eigenvalue weighted by Crippen LogP contribution is -2.25. The Hall–Kier alpha value is -2.98. The van der Waals surface area contributed by atoms with Gasteiger partial charge in [0.2, 0.25) is 0 Å². The quantitative estimate of drug-likeness (QED) is 0.480. The molecule has 0 aliphatic carbocycles. The van der Waals surface area contributed by atoms with Crippen LogP contribution >= 0.6 is 0 Å². The predicted octanol–water partition coefficient (Wildman–Crippen LogP) is 4.82. The number of nitro benzene ring substituents is 1. The standard InChI is InChI=1S/C21H20N2O2/c1-22(16-17-12-14-20(15-13-17)23(24)25)21(18-8-4-2-5-9-18)19-10-6-3-7-11-19/h2-15,21H,16H2,1H3. The molecule has 0 bridgehead atoms. The summed E-state index contributed by atoms with van der Waals surface area (Å²) in [4.78, 5) is 12.7. The Bertz CT molecular complexity index is 778. The molecule has 0 spiro atoms. The van der Waals surface area contributed by atoms with Crippen LogP contribution in [-0.4, -0.2) is 16.9 Å². The molecule has 0 amide bonds. The molecule has 0 saturated carbocycles. The van der Waals surface area contributed by atoms with Crippen molar-refractivity contribution in [2.75, 3.05) is 7.05 Å². The molecule has 0 atom stereocenters. The molecule has 4 heteroatoms. The van der Waals surface area contributed by atoms with Crippen molar-refractivity contribution in [3.63, 3.8) is 0 Å². The van der Waals surface area contributed by atoms with Crippen LogP contribution in [0.5, 0.6) is 0 Å². The third-order valence-corrected chi connectivity index (χ3v) is 4.25. The van der Waals surface area contributed by atoms with Crippen molar-refractivity contribution in [1.29, 1.82) is 0 Å². The van der Waals surface area contributed by atoms with E-state index in [1.54, 1.807) is 12.1 Å². The number of nitro groups is 1. The lowest BCUT2D eigenvalue weighted by Gasteiger charge is -2.29. The Morgan fingerprint density at radius 1 is 0.840 bits per heavy atom. The van der Waals surface area contributed by atoms with E-state index in [1.165, 1.54) is 11.1 Å². The van der Waals surface area contributed by atoms with Gasteiger partial charge in [0.15, 0.2) is 0 Å². The third-order valence-electron chi connectivity index (χ3n) is 4.25. The van der Waals surface area contributed by atoms with E-state index in [1.807, 2.05) is 48.5 Å². The molecule has 0 fully saturated rings. The van der Waals surface area contributed by atoms with Gasteiger partial charge in [-0.15, -0.1) is 0 Å². The van der Waals surface area contributed by atoms with E-state index in [0.717, 1.165) is 5.56 Å². The molecule has 0 radical (unpaired) electrons. The molecule has 3 rings (SSSR count). The Morgan fingerprint density at radius 2 is 1.32 bits per heavy atom. The number of hydrogen-bond acceptors (Lipinski definition) is 3. The lowest BCUT2D eigenvalue weighted by molar-refractivity contribution is -0.384. The van der Waals surface area contributed by atoms with E-state index in [2.05, 4.69) is 36.2 Å². The highest BCUT2D eigenvalue weighted by molar-refractivity contribution is 5.34. The second-order valence-corrected chi connectivity index (χ2v) is 6.06. The highest BCUT2D eigenvalue weighted by Gasteiger charge is 2.19. The number of non-ortho nitro benzene ring substituents is 1. The molecule has 126 valence electrons. The Labute approximate surface area is 147 Å². The summed E-state index contributed by atoms with van der Waals surface area (Å²) in [5.74, 6) is 0. The fraction of sp³-hybridized carbons (Fsp3) is 0.143. The first kappa shape index (κ1) is 16.9. The van der Waals surface area contributed by atoms with Crippen LogP contribution < -0.4 is 0 Å². The summed E-state index contributed by atoms with van der Waals surface area (Å²) in [5, 5.41) is 10.8. The first-order valence-corrected chi connectivity index (χ1v) is 8.18. The average Bonchev–Trinajstić information content (AvgIpc) is 2.64. The van der Waals surface area contributed by atoms with Gasteiger partial charge in [-0.2, -0.15) is 0 Å². The van der Waals surface area contributed by atoms with Gasteiger partial charge in [0.05, 0.1) is 11.0 Å². The summed E-state index contributed by atoms with van der Waals surface area (Å²) in [7, 11) is 2.08. The van der Waals surface area contributed by atoms with Gasteiger partial charge in [-0.3, -0.25) is 15.0 Å². The van der Waals surface area contributed by atoms with E-state index in [-0.39, 0.29) is 16.7 Å². The van der Waals surface area contributed by atoms with E-state index in [4.69, 9.17) is 0 Å². The molecule has 25 heavy (non-hydrogen) atoms. The lowest BCUT2D eigenvalue weighted by atomic mass is 9.97. The van der Waals surface area contributed by atoms with Crippen molar-refractivity contribution >= 4 is 5.69 Å². The van der Waals surface area contributed by atoms with Crippen LogP contribution in [0, 0.1) is 10.1 Å². The summed E-state index contributed by atoms with van der Waals surface area (Å²) >= 11 is 0. The van der Waals surface area contributed by atoms with Gasteiger partial charge in [0.25, 0.3) is 5.69 Å². The van der Waals surface area contributed by atoms with E-state index >= 15 is 0 Å². The molecule has 3 aromatic carbocycles. The van der Waals surface area contributed by atoms with Crippen molar-refractivity contribution in [2.24, 2.45) is 0 Å². The Kier molecular flexibility index (Phi) is 5.21. The smallest absolute Gasteiger partial charge is 0.269 e. The van der Waals surface area contributed by atoms with E-state index in [0.29, 0.717) is 6.54 Å². The van der Waals surface area contributed by atoms with Gasteiger partial charge in [0.1, 0.15) is 0 Å². The molecule has 0 heterocycles. The van der Waals surface area contributed by atoms with Crippen LogP contribution in [0.3, 0.4) is 0 Å². The van der Waals surface area contributed by atoms with Crippen molar-refractivity contribution in [1.82, 2.24) is 4.90 Å². The zero-order chi connectivity index (χ0) is 17.6. The van der Waals surface area contributed by atoms with Gasteiger partial charge in [-0.05, 0) is 23.7 Å². The molecular weight excluding hydrogens is 312 g/mol. The summed E-state index contributed by atoms with van der Waals surface area (Å²) < 4.78 is 0. The number of hydrogen-bond donors (Lipinski definition) is 0. The largest absolute Gasteiger partial charge is 0.291 e. The monoisotopic (exact) mass is 332 g/mol. The maximum absolute atomic E-state index is 10.8. The first-order chi connectivity index (χ1) is 12.1. The van der Waals surface area contributed by atoms with Crippen molar-refractivity contribution in [3.05, 3.63) is 112 Å². The van der Waals surface area contributed by atoms with Crippen molar-refractivity contribution < 1.29 is 4.92 Å². The van der Waals surface area contributed by atoms with Gasteiger partial charge in [-0.25, -0.2) is 0 Å². The molecule has 0 N–H and O–H groups in total. The number of benzene rings is 3. The second kappa shape index (κ2) is 7.73. The average molecular weight is 332 g/mol. The topological polar surface area (TPSA) is 46.4 Å². The highest BCUT2D eigenvalue weighted by Crippen LogP contribution is 2.28. The number of nitrogens with zero attached hydrogens (tertiary/aromatic N) is 2. The van der Waals surface area contributed by atoms with Crippen molar-refractivity contribution in [2.45, 2.75) is 12.6 Å². The first-order valence-electron chi connectivity index (χ1n) is 8.18. The zero-order valence-electron chi connectivity index (χ0n) is 14.1. The van der Waals surface area contributed by atoms with Crippen LogP contribution in [0.25, 0.3) is 0 Å². The minimum absolute atomic E-state index is 0.120. The van der Waals surface area contributed by atoms with Gasteiger partial charge < -0.3 is 0 Å². The second-order valence-electron chi connectivity index (χ2n) is 6.06. The fourth-order valence-electron chi connectivity index (χ4n) is 3.07. The minimum Gasteiger partial charge on any atom is -0.291 e. The molecular formula is C21H20N2O2. The minimum atomic E-state index is -0.371. The maximum Gasteiger partial charge on any atom is 0.269 e. The fourth-order valence-corrected chi connectivity index (χ4v) is 3.07. The molecule has 4 nitrogen and oxygen atoms in total. The van der Waals surface area contributed by atoms with Crippen LogP contribution in [-0.2, 0) is 6.54 Å². The zero-order valence-corrected chi connectivity index (χ0v) is 14.1. The molecule has 0 aromatic heterocycles. The van der Waals surface area contributed by atoms with Crippen LogP contribution in [0.15, 0.2) is 84.9 Å². The molecule has 0 unspecified atom stereocenters. The van der Waals surface area contributed by atoms with Crippen molar-refractivity contribution in [3.8, 4) is 0 Å². The van der Waals surface area contributed by atoms with Crippen LogP contribution in [0.1, 0.15) is 22.7 Å². The van der Waals surface area contributed by atoms with E-state index < -0.39 is 0 Å². The normalized spacial score (nSPS) is 11.0. The highest BCUT2D eigenvalue weighted by atomic mass is 16.6. The maximum atomic E-state index is 10.8. The van der Waals surface area contributed by atoms with Crippen LogP contribution in [0.2, 0.25) is 0 Å².